The molecule has 4 rings (SSSR count). The summed E-state index contributed by atoms with van der Waals surface area (Å²) in [5.74, 6) is 3.89. The standard InChI is InChI=1S/C18H26N2O2/c21-18(12-16-11-14-3-4-15(16)10-14)20-7-5-19(6-8-20)13-17-2-1-9-22-17/h1-2,9,14-16H,3-8,10-13H2. The molecule has 0 radical (unpaired) electrons. The van der Waals surface area contributed by atoms with Gasteiger partial charge in [-0.3, -0.25) is 9.69 Å². The molecule has 0 spiro atoms. The van der Waals surface area contributed by atoms with Crippen molar-refractivity contribution in [3.05, 3.63) is 24.2 Å². The van der Waals surface area contributed by atoms with E-state index in [0.717, 1.165) is 56.7 Å². The van der Waals surface area contributed by atoms with Crippen LogP contribution in [0.3, 0.4) is 0 Å². The van der Waals surface area contributed by atoms with Gasteiger partial charge in [-0.15, -0.1) is 0 Å². The smallest absolute Gasteiger partial charge is 0.222 e. The fourth-order valence-electron chi connectivity index (χ4n) is 4.76. The molecular formula is C18H26N2O2. The Hall–Kier alpha value is -1.29. The minimum Gasteiger partial charge on any atom is -0.468 e. The van der Waals surface area contributed by atoms with E-state index >= 15 is 0 Å². The molecule has 0 aromatic carbocycles. The molecule has 3 aliphatic rings. The van der Waals surface area contributed by atoms with E-state index in [-0.39, 0.29) is 0 Å². The van der Waals surface area contributed by atoms with E-state index in [9.17, 15) is 4.79 Å². The maximum absolute atomic E-state index is 12.5. The van der Waals surface area contributed by atoms with E-state index in [4.69, 9.17) is 4.42 Å². The molecule has 2 bridgehead atoms. The van der Waals surface area contributed by atoms with Crippen molar-refractivity contribution in [1.82, 2.24) is 9.80 Å². The fourth-order valence-corrected chi connectivity index (χ4v) is 4.76. The van der Waals surface area contributed by atoms with Gasteiger partial charge in [0.1, 0.15) is 5.76 Å². The Morgan fingerprint density at radius 1 is 1.18 bits per heavy atom. The lowest BCUT2D eigenvalue weighted by Crippen LogP contribution is -2.48. The Morgan fingerprint density at radius 2 is 2.05 bits per heavy atom. The van der Waals surface area contributed by atoms with Crippen LogP contribution in [0, 0.1) is 17.8 Å². The highest BCUT2D eigenvalue weighted by Crippen LogP contribution is 2.49. The molecule has 3 atom stereocenters. The third-order valence-electron chi connectivity index (χ3n) is 6.01. The molecule has 3 unspecified atom stereocenters. The summed E-state index contributed by atoms with van der Waals surface area (Å²) in [6, 6.07) is 3.96. The van der Waals surface area contributed by atoms with Crippen molar-refractivity contribution in [3.63, 3.8) is 0 Å². The molecule has 2 saturated carbocycles. The zero-order valence-electron chi connectivity index (χ0n) is 13.2. The number of amides is 1. The summed E-state index contributed by atoms with van der Waals surface area (Å²) in [5, 5.41) is 0. The van der Waals surface area contributed by atoms with Gasteiger partial charge >= 0.3 is 0 Å². The van der Waals surface area contributed by atoms with Crippen LogP contribution in [-0.4, -0.2) is 41.9 Å². The number of carbonyl (C=O) groups is 1. The van der Waals surface area contributed by atoms with Gasteiger partial charge in [0.2, 0.25) is 5.91 Å². The number of piperazine rings is 1. The molecule has 1 aliphatic heterocycles. The monoisotopic (exact) mass is 302 g/mol. The predicted octanol–water partition coefficient (Wildman–Crippen LogP) is 2.75. The molecule has 1 saturated heterocycles. The summed E-state index contributed by atoms with van der Waals surface area (Å²) in [7, 11) is 0. The van der Waals surface area contributed by atoms with Crippen LogP contribution in [0.25, 0.3) is 0 Å². The lowest BCUT2D eigenvalue weighted by molar-refractivity contribution is -0.134. The van der Waals surface area contributed by atoms with Crippen LogP contribution in [0.1, 0.15) is 37.9 Å². The first-order chi connectivity index (χ1) is 10.8. The summed E-state index contributed by atoms with van der Waals surface area (Å²) >= 11 is 0. The van der Waals surface area contributed by atoms with Crippen LogP contribution in [0.4, 0.5) is 0 Å². The van der Waals surface area contributed by atoms with E-state index in [2.05, 4.69) is 9.80 Å². The van der Waals surface area contributed by atoms with Gasteiger partial charge in [-0.25, -0.2) is 0 Å². The molecule has 1 aromatic heterocycles. The molecule has 2 aliphatic carbocycles. The maximum Gasteiger partial charge on any atom is 0.222 e. The summed E-state index contributed by atoms with van der Waals surface area (Å²) in [6.45, 7) is 4.54. The third kappa shape index (κ3) is 2.94. The van der Waals surface area contributed by atoms with Crippen molar-refractivity contribution >= 4 is 5.91 Å². The Bertz CT molecular complexity index is 505. The summed E-state index contributed by atoms with van der Waals surface area (Å²) < 4.78 is 5.41. The number of fused-ring (bicyclic) bond motifs is 2. The second kappa shape index (κ2) is 6.07. The third-order valence-corrected chi connectivity index (χ3v) is 6.01. The minimum atomic E-state index is 0.398. The van der Waals surface area contributed by atoms with Gasteiger partial charge in [-0.2, -0.15) is 0 Å². The molecule has 22 heavy (non-hydrogen) atoms. The van der Waals surface area contributed by atoms with Crippen molar-refractivity contribution < 1.29 is 9.21 Å². The van der Waals surface area contributed by atoms with Crippen molar-refractivity contribution in [3.8, 4) is 0 Å². The van der Waals surface area contributed by atoms with Gasteiger partial charge in [0.05, 0.1) is 12.8 Å². The minimum absolute atomic E-state index is 0.398. The van der Waals surface area contributed by atoms with Gasteiger partial charge in [-0.1, -0.05) is 6.42 Å². The van der Waals surface area contributed by atoms with E-state index in [1.165, 1.54) is 25.7 Å². The van der Waals surface area contributed by atoms with Gasteiger partial charge in [0, 0.05) is 32.6 Å². The van der Waals surface area contributed by atoms with Gasteiger partial charge in [-0.05, 0) is 49.1 Å². The second-order valence-electron chi connectivity index (χ2n) is 7.38. The Morgan fingerprint density at radius 3 is 2.68 bits per heavy atom. The Balaban J connectivity index is 1.24. The van der Waals surface area contributed by atoms with Crippen LogP contribution >= 0.6 is 0 Å². The average Bonchev–Trinajstić information content (AvgIpc) is 3.25. The Labute approximate surface area is 132 Å². The SMILES string of the molecule is O=C(CC1CC2CCC1C2)N1CCN(Cc2ccco2)CC1. The van der Waals surface area contributed by atoms with Gasteiger partial charge < -0.3 is 9.32 Å². The van der Waals surface area contributed by atoms with Crippen molar-refractivity contribution in [1.29, 1.82) is 0 Å². The van der Waals surface area contributed by atoms with Crippen LogP contribution in [0.15, 0.2) is 22.8 Å². The quantitative estimate of drug-likeness (QED) is 0.858. The van der Waals surface area contributed by atoms with Crippen molar-refractivity contribution in [2.75, 3.05) is 26.2 Å². The number of carbonyl (C=O) groups excluding carboxylic acids is 1. The van der Waals surface area contributed by atoms with Crippen molar-refractivity contribution in [2.45, 2.75) is 38.6 Å². The normalized spacial score (nSPS) is 31.8. The lowest BCUT2D eigenvalue weighted by Gasteiger charge is -2.35. The van der Waals surface area contributed by atoms with Crippen LogP contribution < -0.4 is 0 Å². The summed E-state index contributed by atoms with van der Waals surface area (Å²) in [4.78, 5) is 17.0. The van der Waals surface area contributed by atoms with Crippen LogP contribution in [0.5, 0.6) is 0 Å². The van der Waals surface area contributed by atoms with Crippen LogP contribution in [-0.2, 0) is 11.3 Å². The maximum atomic E-state index is 12.5. The lowest BCUT2D eigenvalue weighted by atomic mass is 9.86. The highest BCUT2D eigenvalue weighted by Gasteiger charge is 2.40. The van der Waals surface area contributed by atoms with E-state index in [1.54, 1.807) is 6.26 Å². The molecule has 1 amide bonds. The molecular weight excluding hydrogens is 276 g/mol. The fraction of sp³-hybridized carbons (Fsp3) is 0.722. The number of hydrogen-bond donors (Lipinski definition) is 0. The number of rotatable bonds is 4. The molecule has 2 heterocycles. The molecule has 4 heteroatoms. The Kier molecular flexibility index (Phi) is 3.95. The highest BCUT2D eigenvalue weighted by atomic mass is 16.3. The average molecular weight is 302 g/mol. The second-order valence-corrected chi connectivity index (χ2v) is 7.38. The molecule has 120 valence electrons. The van der Waals surface area contributed by atoms with Gasteiger partial charge in [0.15, 0.2) is 0 Å². The largest absolute Gasteiger partial charge is 0.468 e. The molecule has 3 fully saturated rings. The number of nitrogens with zero attached hydrogens (tertiary/aromatic N) is 2. The summed E-state index contributed by atoms with van der Waals surface area (Å²) in [6.07, 6.45) is 8.04. The number of hydrogen-bond acceptors (Lipinski definition) is 3. The van der Waals surface area contributed by atoms with E-state index in [0.29, 0.717) is 11.8 Å². The molecule has 0 N–H and O–H groups in total. The topological polar surface area (TPSA) is 36.7 Å². The van der Waals surface area contributed by atoms with E-state index < -0.39 is 0 Å². The molecule has 1 aromatic rings. The zero-order chi connectivity index (χ0) is 14.9. The molecule has 4 nitrogen and oxygen atoms in total. The van der Waals surface area contributed by atoms with Gasteiger partial charge in [0.25, 0.3) is 0 Å². The first-order valence-corrected chi connectivity index (χ1v) is 8.80. The number of furan rings is 1. The first kappa shape index (κ1) is 14.3. The van der Waals surface area contributed by atoms with E-state index in [1.807, 2.05) is 12.1 Å². The first-order valence-electron chi connectivity index (χ1n) is 8.80. The predicted molar refractivity (Wildman–Crippen MR) is 84.1 cm³/mol. The highest BCUT2D eigenvalue weighted by molar-refractivity contribution is 5.76. The van der Waals surface area contributed by atoms with Crippen LogP contribution in [0.2, 0.25) is 0 Å². The zero-order valence-corrected chi connectivity index (χ0v) is 13.2. The summed E-state index contributed by atoms with van der Waals surface area (Å²) in [5.41, 5.74) is 0. The van der Waals surface area contributed by atoms with Crippen molar-refractivity contribution in [2.24, 2.45) is 17.8 Å².